The number of thiazole rings is 1. The third-order valence-corrected chi connectivity index (χ3v) is 8.23. The molecule has 1 aromatic heterocycles. The average Bonchev–Trinajstić information content (AvgIpc) is 3.00. The first-order chi connectivity index (χ1) is 12.2. The van der Waals surface area contributed by atoms with Crippen LogP contribution in [0.1, 0.15) is 18.1 Å². The van der Waals surface area contributed by atoms with Crippen LogP contribution in [0.15, 0.2) is 46.8 Å². The van der Waals surface area contributed by atoms with Crippen molar-refractivity contribution in [2.24, 2.45) is 0 Å². The van der Waals surface area contributed by atoms with E-state index in [-0.39, 0.29) is 15.8 Å². The van der Waals surface area contributed by atoms with E-state index in [1.807, 2.05) is 19.1 Å². The Hall–Kier alpha value is -1.97. The maximum absolute atomic E-state index is 12.4. The summed E-state index contributed by atoms with van der Waals surface area (Å²) < 4.78 is 51.9. The van der Waals surface area contributed by atoms with Crippen molar-refractivity contribution < 1.29 is 16.8 Å². The van der Waals surface area contributed by atoms with E-state index in [2.05, 4.69) is 9.71 Å². The van der Waals surface area contributed by atoms with Crippen LogP contribution in [0.25, 0.3) is 10.2 Å². The second-order valence-electron chi connectivity index (χ2n) is 5.91. The van der Waals surface area contributed by atoms with Crippen molar-refractivity contribution in [3.05, 3.63) is 53.6 Å². The number of sulfonamides is 1. The van der Waals surface area contributed by atoms with Gasteiger partial charge in [0.15, 0.2) is 0 Å². The minimum Gasteiger partial charge on any atom is -0.283 e. The Kier molecular flexibility index (Phi) is 5.05. The molecule has 1 N–H and O–H groups in total. The Morgan fingerprint density at radius 1 is 1.04 bits per heavy atom. The van der Waals surface area contributed by atoms with E-state index in [4.69, 9.17) is 0 Å². The van der Waals surface area contributed by atoms with Gasteiger partial charge < -0.3 is 0 Å². The Bertz CT molecular complexity index is 1150. The molecule has 0 saturated heterocycles. The van der Waals surface area contributed by atoms with Crippen molar-refractivity contribution in [2.75, 3.05) is 10.5 Å². The molecule has 1 heterocycles. The minimum atomic E-state index is -3.58. The van der Waals surface area contributed by atoms with Gasteiger partial charge in [-0.1, -0.05) is 36.8 Å². The van der Waals surface area contributed by atoms with Gasteiger partial charge >= 0.3 is 0 Å². The standard InChI is InChI=1S/C17H18N2O4S3/c1-3-25(20,21)17-18-15-9-8-14(10-16(15)24-17)19-26(22,23)11-13-6-4-12(2)5-7-13/h4-10,19H,3,11H2,1-2H3. The fourth-order valence-corrected chi connectivity index (χ4v) is 5.88. The summed E-state index contributed by atoms with van der Waals surface area (Å²) in [5.74, 6) is -0.160. The predicted octanol–water partition coefficient (Wildman–Crippen LogP) is 3.34. The van der Waals surface area contributed by atoms with Gasteiger partial charge in [0.1, 0.15) is 0 Å². The van der Waals surface area contributed by atoms with Crippen molar-refractivity contribution >= 4 is 47.1 Å². The molecule has 0 saturated carbocycles. The number of sulfone groups is 1. The van der Waals surface area contributed by atoms with Crippen molar-refractivity contribution in [1.82, 2.24) is 4.98 Å². The molecular formula is C17H18N2O4S3. The van der Waals surface area contributed by atoms with Crippen molar-refractivity contribution in [3.63, 3.8) is 0 Å². The Labute approximate surface area is 156 Å². The highest BCUT2D eigenvalue weighted by molar-refractivity contribution is 7.93. The largest absolute Gasteiger partial charge is 0.283 e. The van der Waals surface area contributed by atoms with E-state index < -0.39 is 19.9 Å². The summed E-state index contributed by atoms with van der Waals surface area (Å²) in [6, 6.07) is 12.1. The third kappa shape index (κ3) is 4.22. The van der Waals surface area contributed by atoms with Gasteiger partial charge in [0.05, 0.1) is 27.4 Å². The smallest absolute Gasteiger partial charge is 0.236 e. The highest BCUT2D eigenvalue weighted by Crippen LogP contribution is 2.29. The number of hydrogen-bond acceptors (Lipinski definition) is 6. The normalized spacial score (nSPS) is 12.4. The zero-order valence-electron chi connectivity index (χ0n) is 14.3. The summed E-state index contributed by atoms with van der Waals surface area (Å²) in [6.45, 7) is 3.50. The fraction of sp³-hybridized carbons (Fsp3) is 0.235. The summed E-state index contributed by atoms with van der Waals surface area (Å²) in [5.41, 5.74) is 2.67. The van der Waals surface area contributed by atoms with E-state index >= 15 is 0 Å². The number of nitrogens with one attached hydrogen (secondary N) is 1. The monoisotopic (exact) mass is 410 g/mol. The van der Waals surface area contributed by atoms with Crippen LogP contribution in [0.4, 0.5) is 5.69 Å². The van der Waals surface area contributed by atoms with Gasteiger partial charge in [0, 0.05) is 0 Å². The van der Waals surface area contributed by atoms with Crippen molar-refractivity contribution in [2.45, 2.75) is 23.9 Å². The van der Waals surface area contributed by atoms with Crippen LogP contribution < -0.4 is 4.72 Å². The molecule has 0 atom stereocenters. The van der Waals surface area contributed by atoms with Crippen molar-refractivity contribution in [3.8, 4) is 0 Å². The molecule has 0 bridgehead atoms. The zero-order chi connectivity index (χ0) is 18.9. The molecule has 6 nitrogen and oxygen atoms in total. The SMILES string of the molecule is CCS(=O)(=O)c1nc2ccc(NS(=O)(=O)Cc3ccc(C)cc3)cc2s1. The number of aromatic nitrogens is 1. The van der Waals surface area contributed by atoms with Crippen molar-refractivity contribution in [1.29, 1.82) is 0 Å². The van der Waals surface area contributed by atoms with Crippen LogP contribution in [0.5, 0.6) is 0 Å². The number of nitrogens with zero attached hydrogens (tertiary/aromatic N) is 1. The van der Waals surface area contributed by atoms with Gasteiger partial charge in [-0.05, 0) is 30.7 Å². The van der Waals surface area contributed by atoms with Gasteiger partial charge in [-0.2, -0.15) is 0 Å². The summed E-state index contributed by atoms with van der Waals surface area (Å²) >= 11 is 1.04. The average molecular weight is 411 g/mol. The lowest BCUT2D eigenvalue weighted by Crippen LogP contribution is -2.14. The first kappa shape index (κ1) is 18.8. The molecule has 0 aliphatic carbocycles. The summed E-state index contributed by atoms with van der Waals surface area (Å²) in [4.78, 5) is 4.12. The number of rotatable bonds is 6. The second-order valence-corrected chi connectivity index (χ2v) is 11.1. The molecule has 0 aliphatic heterocycles. The van der Waals surface area contributed by atoms with Crippen LogP contribution in [0.2, 0.25) is 0 Å². The molecule has 9 heteroatoms. The Morgan fingerprint density at radius 3 is 2.38 bits per heavy atom. The lowest BCUT2D eigenvalue weighted by molar-refractivity contribution is 0.596. The Morgan fingerprint density at radius 2 is 1.73 bits per heavy atom. The molecule has 0 unspecified atom stereocenters. The third-order valence-electron chi connectivity index (χ3n) is 3.77. The molecule has 3 aromatic rings. The zero-order valence-corrected chi connectivity index (χ0v) is 16.7. The molecule has 0 fully saturated rings. The summed E-state index contributed by atoms with van der Waals surface area (Å²) in [7, 11) is -6.96. The maximum atomic E-state index is 12.4. The predicted molar refractivity (Wildman–Crippen MR) is 105 cm³/mol. The van der Waals surface area contributed by atoms with Gasteiger partial charge in [-0.15, -0.1) is 11.3 Å². The summed E-state index contributed by atoms with van der Waals surface area (Å²) in [6.07, 6.45) is 0. The first-order valence-corrected chi connectivity index (χ1v) is 12.0. The number of benzene rings is 2. The molecule has 138 valence electrons. The van der Waals surface area contributed by atoms with E-state index in [1.165, 1.54) is 0 Å². The molecule has 0 amide bonds. The van der Waals surface area contributed by atoms with Gasteiger partial charge in [-0.25, -0.2) is 21.8 Å². The van der Waals surface area contributed by atoms with Crippen LogP contribution in [-0.4, -0.2) is 27.6 Å². The first-order valence-electron chi connectivity index (χ1n) is 7.88. The topological polar surface area (TPSA) is 93.2 Å². The number of fused-ring (bicyclic) bond motifs is 1. The summed E-state index contributed by atoms with van der Waals surface area (Å²) in [5, 5.41) is 0. The van der Waals surface area contributed by atoms with Crippen LogP contribution in [-0.2, 0) is 25.6 Å². The molecule has 0 spiro atoms. The quantitative estimate of drug-likeness (QED) is 0.673. The second kappa shape index (κ2) is 6.98. The van der Waals surface area contributed by atoms with E-state index in [1.54, 1.807) is 37.3 Å². The van der Waals surface area contributed by atoms with Crippen LogP contribution in [0.3, 0.4) is 0 Å². The molecule has 2 aromatic carbocycles. The Balaban J connectivity index is 1.85. The minimum absolute atomic E-state index is 0.0249. The lowest BCUT2D eigenvalue weighted by atomic mass is 10.2. The van der Waals surface area contributed by atoms with Gasteiger partial charge in [0.2, 0.25) is 24.2 Å². The molecule has 26 heavy (non-hydrogen) atoms. The molecular weight excluding hydrogens is 392 g/mol. The highest BCUT2D eigenvalue weighted by Gasteiger charge is 2.18. The van der Waals surface area contributed by atoms with E-state index in [9.17, 15) is 16.8 Å². The van der Waals surface area contributed by atoms with Gasteiger partial charge in [0.25, 0.3) is 0 Å². The number of anilines is 1. The lowest BCUT2D eigenvalue weighted by Gasteiger charge is -2.08. The molecule has 0 radical (unpaired) electrons. The van der Waals surface area contributed by atoms with Gasteiger partial charge in [-0.3, -0.25) is 4.72 Å². The maximum Gasteiger partial charge on any atom is 0.236 e. The number of hydrogen-bond donors (Lipinski definition) is 1. The highest BCUT2D eigenvalue weighted by atomic mass is 32.2. The van der Waals surface area contributed by atoms with Crippen LogP contribution in [0, 0.1) is 6.92 Å². The van der Waals surface area contributed by atoms with Crippen LogP contribution >= 0.6 is 11.3 Å². The fourth-order valence-electron chi connectivity index (χ4n) is 2.34. The molecule has 3 rings (SSSR count). The number of aryl methyl sites for hydroxylation is 1. The molecule has 0 aliphatic rings. The van der Waals surface area contributed by atoms with E-state index in [0.29, 0.717) is 21.5 Å². The van der Waals surface area contributed by atoms with E-state index in [0.717, 1.165) is 16.9 Å².